The van der Waals surface area contributed by atoms with Crippen LogP contribution in [0.4, 0.5) is 5.69 Å². The summed E-state index contributed by atoms with van der Waals surface area (Å²) in [5.41, 5.74) is 1.94. The summed E-state index contributed by atoms with van der Waals surface area (Å²) >= 11 is 6.18. The van der Waals surface area contributed by atoms with Gasteiger partial charge in [0, 0.05) is 30.6 Å². The molecule has 5 nitrogen and oxygen atoms in total. The Bertz CT molecular complexity index is 944. The third kappa shape index (κ3) is 7.98. The molecular weight excluding hydrogens is 448 g/mol. The maximum atomic E-state index is 12.9. The number of hydrogen-bond donors (Lipinski definition) is 1. The third-order valence-corrected chi connectivity index (χ3v) is 7.08. The Morgan fingerprint density at radius 1 is 1.09 bits per heavy atom. The first-order valence-electron chi connectivity index (χ1n) is 12.3. The number of para-hydroxylation sites is 1. The zero-order valence-electron chi connectivity index (χ0n) is 19.9. The number of halogens is 1. The lowest BCUT2D eigenvalue weighted by Crippen LogP contribution is -2.39. The first kappa shape index (κ1) is 26.0. The lowest BCUT2D eigenvalue weighted by atomic mass is 9.76. The second-order valence-corrected chi connectivity index (χ2v) is 9.77. The second-order valence-electron chi connectivity index (χ2n) is 9.33. The minimum Gasteiger partial charge on any atom is -0.347 e. The lowest BCUT2D eigenvalue weighted by Gasteiger charge is -2.30. The fourth-order valence-electron chi connectivity index (χ4n) is 4.90. The van der Waals surface area contributed by atoms with Crippen LogP contribution in [0.2, 0.25) is 5.02 Å². The van der Waals surface area contributed by atoms with Gasteiger partial charge in [0.1, 0.15) is 6.29 Å². The minimum atomic E-state index is -0.668. The van der Waals surface area contributed by atoms with E-state index in [1.165, 1.54) is 19.3 Å². The van der Waals surface area contributed by atoms with E-state index in [0.29, 0.717) is 17.4 Å². The van der Waals surface area contributed by atoms with Crippen molar-refractivity contribution >= 4 is 35.4 Å². The molecule has 2 atom stereocenters. The number of benzene rings is 2. The summed E-state index contributed by atoms with van der Waals surface area (Å²) in [7, 11) is 1.72. The van der Waals surface area contributed by atoms with Crippen molar-refractivity contribution in [2.45, 2.75) is 63.8 Å². The van der Waals surface area contributed by atoms with Crippen molar-refractivity contribution < 1.29 is 14.4 Å². The molecule has 2 aromatic carbocycles. The SMILES string of the molecule is CN(C(=O)CC[C@@H](C=O)NC(=O)C[C@@H](Cc1cccc(Cl)c1)C1CCCCC1)c1ccccc1. The molecule has 3 rings (SSSR count). The number of hydrogen-bond acceptors (Lipinski definition) is 3. The van der Waals surface area contributed by atoms with Gasteiger partial charge in [-0.05, 0) is 54.5 Å². The summed E-state index contributed by atoms with van der Waals surface area (Å²) in [4.78, 5) is 38.7. The molecule has 0 bridgehead atoms. The van der Waals surface area contributed by atoms with Gasteiger partial charge in [-0.2, -0.15) is 0 Å². The van der Waals surface area contributed by atoms with Crippen LogP contribution in [-0.4, -0.2) is 31.2 Å². The van der Waals surface area contributed by atoms with Gasteiger partial charge in [0.25, 0.3) is 0 Å². The average molecular weight is 483 g/mol. The molecule has 6 heteroatoms. The Kier molecular flexibility index (Phi) is 10.1. The van der Waals surface area contributed by atoms with Gasteiger partial charge in [-0.1, -0.05) is 74.0 Å². The molecule has 0 radical (unpaired) electrons. The molecule has 34 heavy (non-hydrogen) atoms. The zero-order chi connectivity index (χ0) is 24.3. The van der Waals surface area contributed by atoms with Crippen molar-refractivity contribution in [3.8, 4) is 0 Å². The summed E-state index contributed by atoms with van der Waals surface area (Å²) in [6, 6.07) is 16.5. The zero-order valence-corrected chi connectivity index (χ0v) is 20.7. The van der Waals surface area contributed by atoms with Crippen LogP contribution in [0.25, 0.3) is 0 Å². The van der Waals surface area contributed by atoms with Gasteiger partial charge in [-0.3, -0.25) is 9.59 Å². The van der Waals surface area contributed by atoms with Crippen LogP contribution in [-0.2, 0) is 20.8 Å². The summed E-state index contributed by atoms with van der Waals surface area (Å²) in [6.07, 6.45) is 8.30. The molecular formula is C28H35ClN2O3. The summed E-state index contributed by atoms with van der Waals surface area (Å²) in [5.74, 6) is 0.484. The van der Waals surface area contributed by atoms with Crippen molar-refractivity contribution in [1.82, 2.24) is 5.32 Å². The molecule has 1 aliphatic rings. The van der Waals surface area contributed by atoms with Gasteiger partial charge < -0.3 is 15.0 Å². The van der Waals surface area contributed by atoms with Gasteiger partial charge in [0.15, 0.2) is 0 Å². The maximum absolute atomic E-state index is 12.9. The van der Waals surface area contributed by atoms with E-state index in [0.717, 1.165) is 36.8 Å². The fourth-order valence-corrected chi connectivity index (χ4v) is 5.11. The van der Waals surface area contributed by atoms with E-state index < -0.39 is 6.04 Å². The molecule has 1 N–H and O–H groups in total. The highest BCUT2D eigenvalue weighted by Gasteiger charge is 2.27. The molecule has 1 fully saturated rings. The molecule has 1 aliphatic carbocycles. The van der Waals surface area contributed by atoms with Gasteiger partial charge in [0.05, 0.1) is 6.04 Å². The van der Waals surface area contributed by atoms with Crippen LogP contribution < -0.4 is 10.2 Å². The molecule has 0 spiro atoms. The molecule has 0 aromatic heterocycles. The monoisotopic (exact) mass is 482 g/mol. The molecule has 182 valence electrons. The number of anilines is 1. The molecule has 0 heterocycles. The topological polar surface area (TPSA) is 66.5 Å². The van der Waals surface area contributed by atoms with Crippen LogP contribution in [0.15, 0.2) is 54.6 Å². The summed E-state index contributed by atoms with van der Waals surface area (Å²) in [5, 5.41) is 3.57. The minimum absolute atomic E-state index is 0.0895. The molecule has 0 unspecified atom stereocenters. The van der Waals surface area contributed by atoms with Crippen LogP contribution >= 0.6 is 11.6 Å². The van der Waals surface area contributed by atoms with Crippen molar-refractivity contribution in [2.75, 3.05) is 11.9 Å². The van der Waals surface area contributed by atoms with Crippen LogP contribution in [0.1, 0.15) is 56.9 Å². The van der Waals surface area contributed by atoms with Crippen molar-refractivity contribution in [3.63, 3.8) is 0 Å². The van der Waals surface area contributed by atoms with Crippen molar-refractivity contribution in [3.05, 3.63) is 65.2 Å². The standard InChI is InChI=1S/C28H35ClN2O3/c1-31(26-13-6-3-7-14-26)28(34)16-15-25(20-32)30-27(33)19-23(22-10-4-2-5-11-22)17-21-9-8-12-24(29)18-21/h3,6-9,12-14,18,20,22-23,25H,2,4-5,10-11,15-17,19H2,1H3,(H,30,33)/t23-,25+/m1/s1. The Morgan fingerprint density at radius 3 is 2.50 bits per heavy atom. The number of aldehydes is 1. The van der Waals surface area contributed by atoms with Crippen molar-refractivity contribution in [1.29, 1.82) is 0 Å². The van der Waals surface area contributed by atoms with E-state index >= 15 is 0 Å². The quantitative estimate of drug-likeness (QED) is 0.424. The van der Waals surface area contributed by atoms with E-state index in [1.54, 1.807) is 11.9 Å². The number of carbonyl (C=O) groups is 3. The Balaban J connectivity index is 1.55. The van der Waals surface area contributed by atoms with Crippen molar-refractivity contribution in [2.24, 2.45) is 11.8 Å². The van der Waals surface area contributed by atoms with E-state index in [2.05, 4.69) is 11.4 Å². The van der Waals surface area contributed by atoms with Gasteiger partial charge >= 0.3 is 0 Å². The van der Waals surface area contributed by atoms with Crippen LogP contribution in [0, 0.1) is 11.8 Å². The smallest absolute Gasteiger partial charge is 0.226 e. The second kappa shape index (κ2) is 13.3. The van der Waals surface area contributed by atoms with E-state index in [4.69, 9.17) is 11.6 Å². The Morgan fingerprint density at radius 2 is 1.82 bits per heavy atom. The van der Waals surface area contributed by atoms with Gasteiger partial charge in [-0.15, -0.1) is 0 Å². The highest BCUT2D eigenvalue weighted by Crippen LogP contribution is 2.34. The number of nitrogens with zero attached hydrogens (tertiary/aromatic N) is 1. The number of amides is 2. The predicted molar refractivity (Wildman–Crippen MR) is 137 cm³/mol. The lowest BCUT2D eigenvalue weighted by molar-refractivity contribution is -0.126. The average Bonchev–Trinajstić information content (AvgIpc) is 2.86. The summed E-state index contributed by atoms with van der Waals surface area (Å²) in [6.45, 7) is 0. The number of rotatable bonds is 11. The van der Waals surface area contributed by atoms with Gasteiger partial charge in [0.2, 0.25) is 11.8 Å². The highest BCUT2D eigenvalue weighted by molar-refractivity contribution is 6.30. The summed E-state index contributed by atoms with van der Waals surface area (Å²) < 4.78 is 0. The molecule has 1 saturated carbocycles. The molecule has 2 aromatic rings. The Labute approximate surface area is 207 Å². The van der Waals surface area contributed by atoms with Crippen LogP contribution in [0.3, 0.4) is 0 Å². The van der Waals surface area contributed by atoms with E-state index in [-0.39, 0.29) is 30.6 Å². The number of nitrogens with one attached hydrogen (secondary N) is 1. The highest BCUT2D eigenvalue weighted by atomic mass is 35.5. The normalized spacial score (nSPS) is 15.8. The number of carbonyl (C=O) groups excluding carboxylic acids is 3. The Hall–Kier alpha value is -2.66. The maximum Gasteiger partial charge on any atom is 0.226 e. The van der Waals surface area contributed by atoms with E-state index in [9.17, 15) is 14.4 Å². The molecule has 0 saturated heterocycles. The first-order valence-corrected chi connectivity index (χ1v) is 12.6. The largest absolute Gasteiger partial charge is 0.347 e. The molecule has 0 aliphatic heterocycles. The molecule has 2 amide bonds. The predicted octanol–water partition coefficient (Wildman–Crippen LogP) is 5.60. The fraction of sp³-hybridized carbons (Fsp3) is 0.464. The van der Waals surface area contributed by atoms with Crippen LogP contribution in [0.5, 0.6) is 0 Å². The van der Waals surface area contributed by atoms with Gasteiger partial charge in [-0.25, -0.2) is 0 Å². The van der Waals surface area contributed by atoms with E-state index in [1.807, 2.05) is 48.5 Å². The first-order chi connectivity index (χ1) is 16.5. The third-order valence-electron chi connectivity index (χ3n) is 6.85.